The second kappa shape index (κ2) is 12.6. The lowest BCUT2D eigenvalue weighted by molar-refractivity contribution is 0.373. The highest BCUT2D eigenvalue weighted by atomic mass is 16.5. The van der Waals surface area contributed by atoms with Gasteiger partial charge in [0.1, 0.15) is 11.4 Å². The molecule has 0 aliphatic rings. The van der Waals surface area contributed by atoms with Crippen molar-refractivity contribution < 1.29 is 19.7 Å². The highest BCUT2D eigenvalue weighted by Gasteiger charge is 2.15. The maximum Gasteiger partial charge on any atom is 0.166 e. The molecule has 0 fully saturated rings. The molecule has 0 bridgehead atoms. The summed E-state index contributed by atoms with van der Waals surface area (Å²) in [5, 5.41) is 38.3. The predicted octanol–water partition coefficient (Wildman–Crippen LogP) is 5.46. The zero-order valence-electron chi connectivity index (χ0n) is 20.9. The second-order valence-electron chi connectivity index (χ2n) is 7.91. The van der Waals surface area contributed by atoms with E-state index in [1.807, 2.05) is 60.7 Å². The highest BCUT2D eigenvalue weighted by Crippen LogP contribution is 2.29. The fraction of sp³-hybridized carbons (Fsp3) is 0.0667. The van der Waals surface area contributed by atoms with Gasteiger partial charge in [0.05, 0.1) is 26.6 Å². The van der Waals surface area contributed by atoms with Gasteiger partial charge in [0.15, 0.2) is 23.0 Å². The van der Waals surface area contributed by atoms with E-state index in [4.69, 9.17) is 9.47 Å². The van der Waals surface area contributed by atoms with Crippen LogP contribution in [0.3, 0.4) is 0 Å². The van der Waals surface area contributed by atoms with Crippen LogP contribution in [0.4, 0.5) is 0 Å². The largest absolute Gasteiger partial charge is 0.504 e. The van der Waals surface area contributed by atoms with E-state index in [2.05, 4.69) is 20.4 Å². The van der Waals surface area contributed by atoms with Crippen molar-refractivity contribution in [2.45, 2.75) is 0 Å². The Morgan fingerprint density at radius 2 is 0.947 bits per heavy atom. The van der Waals surface area contributed by atoms with Crippen molar-refractivity contribution in [3.05, 3.63) is 119 Å². The lowest BCUT2D eigenvalue weighted by Crippen LogP contribution is -2.17. The molecule has 2 N–H and O–H groups in total. The van der Waals surface area contributed by atoms with Crippen molar-refractivity contribution in [1.82, 2.24) is 0 Å². The average Bonchev–Trinajstić information content (AvgIpc) is 2.96. The number of aromatic hydroxyl groups is 2. The molecule has 38 heavy (non-hydrogen) atoms. The van der Waals surface area contributed by atoms with Crippen molar-refractivity contribution in [3.8, 4) is 23.0 Å². The third-order valence-corrected chi connectivity index (χ3v) is 5.53. The molecule has 0 aliphatic carbocycles. The average molecular weight is 507 g/mol. The van der Waals surface area contributed by atoms with Crippen molar-refractivity contribution in [3.63, 3.8) is 0 Å². The Labute approximate surface area is 220 Å². The monoisotopic (exact) mass is 506 g/mol. The summed E-state index contributed by atoms with van der Waals surface area (Å²) in [5.41, 5.74) is 3.35. The zero-order valence-corrected chi connectivity index (χ0v) is 20.9. The third kappa shape index (κ3) is 6.11. The number of hydrogen-bond acceptors (Lipinski definition) is 8. The van der Waals surface area contributed by atoms with E-state index >= 15 is 0 Å². The van der Waals surface area contributed by atoms with Crippen LogP contribution in [-0.4, -0.2) is 48.3 Å². The van der Waals surface area contributed by atoms with E-state index in [1.54, 1.807) is 36.4 Å². The molecule has 0 heterocycles. The number of phenols is 2. The van der Waals surface area contributed by atoms with Gasteiger partial charge >= 0.3 is 0 Å². The van der Waals surface area contributed by atoms with Crippen LogP contribution in [-0.2, 0) is 0 Å². The fourth-order valence-electron chi connectivity index (χ4n) is 3.59. The molecule has 4 rings (SSSR count). The van der Waals surface area contributed by atoms with Gasteiger partial charge < -0.3 is 19.7 Å². The van der Waals surface area contributed by atoms with Gasteiger partial charge in [-0.1, -0.05) is 72.8 Å². The normalized spacial score (nSPS) is 12.3. The first-order valence-corrected chi connectivity index (χ1v) is 11.7. The zero-order chi connectivity index (χ0) is 26.7. The number of benzene rings is 4. The Morgan fingerprint density at radius 1 is 0.553 bits per heavy atom. The molecule has 0 aromatic heterocycles. The Hall–Kier alpha value is -5.24. The summed E-state index contributed by atoms with van der Waals surface area (Å²) in [6, 6.07) is 29.2. The standard InChI is InChI=1S/C30H26N4O4/c1-37-25-17-9-15-23(29(25)35)19-31-33-27(21-11-5-3-6-12-21)28(22-13-7-4-8-14-22)34-32-20-24-16-10-18-26(38-2)30(24)36/h3-20,35-36H,1-2H3/b31-19+,32-20+,33-27+,34-28+. The molecule has 0 radical (unpaired) electrons. The Morgan fingerprint density at radius 3 is 1.32 bits per heavy atom. The molecular weight excluding hydrogens is 480 g/mol. The summed E-state index contributed by atoms with van der Waals surface area (Å²) in [4.78, 5) is 0. The van der Waals surface area contributed by atoms with E-state index < -0.39 is 0 Å². The van der Waals surface area contributed by atoms with Gasteiger partial charge in [-0.05, 0) is 24.3 Å². The van der Waals surface area contributed by atoms with E-state index in [1.165, 1.54) is 26.6 Å². The van der Waals surface area contributed by atoms with Crippen LogP contribution in [0, 0.1) is 0 Å². The number of rotatable bonds is 9. The van der Waals surface area contributed by atoms with E-state index in [9.17, 15) is 10.2 Å². The minimum atomic E-state index is -0.0325. The Kier molecular flexibility index (Phi) is 8.60. The summed E-state index contributed by atoms with van der Waals surface area (Å²) >= 11 is 0. The summed E-state index contributed by atoms with van der Waals surface area (Å²) in [7, 11) is 2.96. The van der Waals surface area contributed by atoms with Crippen LogP contribution in [0.25, 0.3) is 0 Å². The van der Waals surface area contributed by atoms with E-state index in [0.29, 0.717) is 34.0 Å². The molecule has 0 spiro atoms. The van der Waals surface area contributed by atoms with Crippen LogP contribution >= 0.6 is 0 Å². The van der Waals surface area contributed by atoms with Gasteiger partial charge in [-0.3, -0.25) is 0 Å². The first-order valence-electron chi connectivity index (χ1n) is 11.7. The number of methoxy groups -OCH3 is 2. The maximum absolute atomic E-state index is 10.4. The summed E-state index contributed by atoms with van der Waals surface area (Å²) in [6.45, 7) is 0. The molecule has 8 nitrogen and oxygen atoms in total. The van der Waals surface area contributed by atoms with Crippen LogP contribution in [0.5, 0.6) is 23.0 Å². The first kappa shape index (κ1) is 25.8. The lowest BCUT2D eigenvalue weighted by Gasteiger charge is -2.09. The molecule has 0 amide bonds. The number of nitrogens with zero attached hydrogens (tertiary/aromatic N) is 4. The third-order valence-electron chi connectivity index (χ3n) is 5.53. The molecule has 190 valence electrons. The molecule has 0 unspecified atom stereocenters. The SMILES string of the molecule is COc1cccc(/C=N/N=C(/C(=N/N=C/c2cccc(OC)c2O)c2ccccc2)c2ccccc2)c1O. The van der Waals surface area contributed by atoms with Gasteiger partial charge in [0.2, 0.25) is 0 Å². The topological polar surface area (TPSA) is 108 Å². The van der Waals surface area contributed by atoms with Gasteiger partial charge in [0.25, 0.3) is 0 Å². The van der Waals surface area contributed by atoms with Crippen molar-refractivity contribution in [2.75, 3.05) is 14.2 Å². The molecular formula is C30H26N4O4. The van der Waals surface area contributed by atoms with Gasteiger partial charge in [0, 0.05) is 22.3 Å². The molecule has 4 aromatic rings. The smallest absolute Gasteiger partial charge is 0.166 e. The van der Waals surface area contributed by atoms with Gasteiger partial charge in [-0.25, -0.2) is 0 Å². The van der Waals surface area contributed by atoms with Crippen molar-refractivity contribution in [1.29, 1.82) is 0 Å². The molecule has 0 saturated heterocycles. The van der Waals surface area contributed by atoms with Gasteiger partial charge in [-0.2, -0.15) is 10.2 Å². The maximum atomic E-state index is 10.4. The quantitative estimate of drug-likeness (QED) is 0.232. The number of hydrogen-bond donors (Lipinski definition) is 2. The van der Waals surface area contributed by atoms with Gasteiger partial charge in [-0.15, -0.1) is 10.2 Å². The Bertz CT molecular complexity index is 1380. The minimum Gasteiger partial charge on any atom is -0.504 e. The van der Waals surface area contributed by atoms with E-state index in [0.717, 1.165) is 11.1 Å². The van der Waals surface area contributed by atoms with Crippen LogP contribution < -0.4 is 9.47 Å². The number of para-hydroxylation sites is 2. The number of ether oxygens (including phenoxy) is 2. The fourth-order valence-corrected chi connectivity index (χ4v) is 3.59. The van der Waals surface area contributed by atoms with Crippen molar-refractivity contribution >= 4 is 23.9 Å². The summed E-state index contributed by atoms with van der Waals surface area (Å²) in [5.74, 6) is 0.607. The van der Waals surface area contributed by atoms with E-state index in [-0.39, 0.29) is 11.5 Å². The van der Waals surface area contributed by atoms with Crippen LogP contribution in [0.1, 0.15) is 22.3 Å². The van der Waals surface area contributed by atoms with Crippen LogP contribution in [0.15, 0.2) is 117 Å². The minimum absolute atomic E-state index is 0.0325. The molecule has 0 atom stereocenters. The molecule has 8 heteroatoms. The molecule has 4 aromatic carbocycles. The molecule has 0 aliphatic heterocycles. The number of phenolic OH excluding ortho intramolecular Hbond substituents is 2. The summed E-state index contributed by atoms with van der Waals surface area (Å²) in [6.07, 6.45) is 2.89. The molecule has 0 saturated carbocycles. The second-order valence-corrected chi connectivity index (χ2v) is 7.91. The van der Waals surface area contributed by atoms with Crippen molar-refractivity contribution in [2.24, 2.45) is 20.4 Å². The first-order chi connectivity index (χ1) is 18.6. The Balaban J connectivity index is 1.80. The van der Waals surface area contributed by atoms with Crippen LogP contribution in [0.2, 0.25) is 0 Å². The summed E-state index contributed by atoms with van der Waals surface area (Å²) < 4.78 is 10.3. The predicted molar refractivity (Wildman–Crippen MR) is 150 cm³/mol. The highest BCUT2D eigenvalue weighted by molar-refractivity contribution is 6.53. The lowest BCUT2D eigenvalue weighted by atomic mass is 10.00.